The highest BCUT2D eigenvalue weighted by molar-refractivity contribution is 5.40. The molecule has 0 atom stereocenters. The minimum absolute atomic E-state index is 0.0452. The monoisotopic (exact) mass is 405 g/mol. The number of rotatable bonds is 7. The summed E-state index contributed by atoms with van der Waals surface area (Å²) in [6.07, 6.45) is 4.97. The van der Waals surface area contributed by atoms with E-state index < -0.39 is 0 Å². The highest BCUT2D eigenvalue weighted by Gasteiger charge is 2.50. The SMILES string of the molecule is COc1cc(CCN2CCN(c3nc(C4(c5ccccc5)CC4)no3)CC2)ccn1. The molecule has 5 rings (SSSR count). The molecule has 1 saturated carbocycles. The second-order valence-corrected chi connectivity index (χ2v) is 8.13. The number of aromatic nitrogens is 3. The van der Waals surface area contributed by atoms with Crippen molar-refractivity contribution in [3.63, 3.8) is 0 Å². The third-order valence-electron chi connectivity index (χ3n) is 6.29. The second-order valence-electron chi connectivity index (χ2n) is 8.13. The molecule has 1 aliphatic carbocycles. The fourth-order valence-electron chi connectivity index (χ4n) is 4.23. The van der Waals surface area contributed by atoms with Crippen LogP contribution in [-0.4, -0.2) is 59.9 Å². The van der Waals surface area contributed by atoms with E-state index in [1.165, 1.54) is 11.1 Å². The average Bonchev–Trinajstić information content (AvgIpc) is 3.48. The van der Waals surface area contributed by atoms with Gasteiger partial charge in [-0.15, -0.1) is 0 Å². The summed E-state index contributed by atoms with van der Waals surface area (Å²) in [5, 5.41) is 4.35. The highest BCUT2D eigenvalue weighted by Crippen LogP contribution is 2.52. The number of hydrogen-bond donors (Lipinski definition) is 0. The third kappa shape index (κ3) is 3.77. The number of nitrogens with zero attached hydrogens (tertiary/aromatic N) is 5. The van der Waals surface area contributed by atoms with E-state index in [-0.39, 0.29) is 5.41 Å². The lowest BCUT2D eigenvalue weighted by Gasteiger charge is -2.33. The molecule has 1 aliphatic heterocycles. The first kappa shape index (κ1) is 19.1. The van der Waals surface area contributed by atoms with Crippen molar-refractivity contribution in [2.75, 3.05) is 44.7 Å². The maximum absolute atomic E-state index is 5.67. The molecule has 2 fully saturated rings. The van der Waals surface area contributed by atoms with E-state index in [2.05, 4.69) is 50.3 Å². The van der Waals surface area contributed by atoms with Crippen LogP contribution in [0.3, 0.4) is 0 Å². The molecule has 7 heteroatoms. The Bertz CT molecular complexity index is 978. The van der Waals surface area contributed by atoms with Gasteiger partial charge >= 0.3 is 6.01 Å². The van der Waals surface area contributed by atoms with E-state index >= 15 is 0 Å². The van der Waals surface area contributed by atoms with E-state index in [1.807, 2.05) is 12.1 Å². The molecule has 0 bridgehead atoms. The fourth-order valence-corrected chi connectivity index (χ4v) is 4.23. The smallest absolute Gasteiger partial charge is 0.324 e. The summed E-state index contributed by atoms with van der Waals surface area (Å²) in [5.41, 5.74) is 2.49. The zero-order chi connectivity index (χ0) is 20.4. The van der Waals surface area contributed by atoms with Gasteiger partial charge in [-0.3, -0.25) is 4.90 Å². The normalized spacial score (nSPS) is 18.4. The summed E-state index contributed by atoms with van der Waals surface area (Å²) in [4.78, 5) is 13.7. The van der Waals surface area contributed by atoms with Gasteiger partial charge in [0.1, 0.15) is 0 Å². The maximum atomic E-state index is 5.67. The first-order chi connectivity index (χ1) is 14.8. The molecular formula is C23H27N5O2. The van der Waals surface area contributed by atoms with Gasteiger partial charge in [-0.05, 0) is 36.5 Å². The van der Waals surface area contributed by atoms with Crippen LogP contribution in [-0.2, 0) is 11.8 Å². The van der Waals surface area contributed by atoms with Crippen molar-refractivity contribution >= 4 is 6.01 Å². The van der Waals surface area contributed by atoms with Gasteiger partial charge in [0.25, 0.3) is 0 Å². The number of anilines is 1. The molecule has 0 radical (unpaired) electrons. The predicted octanol–water partition coefficient (Wildman–Crippen LogP) is 2.92. The Morgan fingerprint density at radius 1 is 1.07 bits per heavy atom. The van der Waals surface area contributed by atoms with E-state index in [0.717, 1.165) is 57.8 Å². The molecule has 2 aromatic heterocycles. The molecule has 0 unspecified atom stereocenters. The van der Waals surface area contributed by atoms with Crippen molar-refractivity contribution in [1.29, 1.82) is 0 Å². The van der Waals surface area contributed by atoms with Crippen molar-refractivity contribution in [2.45, 2.75) is 24.7 Å². The molecule has 3 heterocycles. The Balaban J connectivity index is 1.17. The molecule has 1 saturated heterocycles. The minimum atomic E-state index is -0.0452. The molecular weight excluding hydrogens is 378 g/mol. The number of hydrogen-bond acceptors (Lipinski definition) is 7. The largest absolute Gasteiger partial charge is 0.481 e. The molecule has 3 aromatic rings. The Kier molecular flexibility index (Phi) is 5.12. The topological polar surface area (TPSA) is 67.5 Å². The zero-order valence-corrected chi connectivity index (χ0v) is 17.3. The average molecular weight is 406 g/mol. The van der Waals surface area contributed by atoms with Crippen LogP contribution in [0.5, 0.6) is 5.88 Å². The highest BCUT2D eigenvalue weighted by atomic mass is 16.5. The van der Waals surface area contributed by atoms with Crippen LogP contribution in [0.1, 0.15) is 29.8 Å². The Labute approximate surface area is 176 Å². The molecule has 2 aliphatic rings. The Hall–Kier alpha value is -2.93. The Morgan fingerprint density at radius 3 is 2.60 bits per heavy atom. The van der Waals surface area contributed by atoms with Crippen molar-refractivity contribution in [3.05, 3.63) is 65.6 Å². The molecule has 0 spiro atoms. The quantitative estimate of drug-likeness (QED) is 0.599. The van der Waals surface area contributed by atoms with Crippen LogP contribution in [0.2, 0.25) is 0 Å². The lowest BCUT2D eigenvalue weighted by molar-refractivity contribution is 0.253. The minimum Gasteiger partial charge on any atom is -0.481 e. The molecule has 0 N–H and O–H groups in total. The molecule has 30 heavy (non-hydrogen) atoms. The predicted molar refractivity (Wildman–Crippen MR) is 114 cm³/mol. The van der Waals surface area contributed by atoms with Crippen LogP contribution in [0.15, 0.2) is 53.2 Å². The number of methoxy groups -OCH3 is 1. The van der Waals surface area contributed by atoms with Crippen LogP contribution in [0.25, 0.3) is 0 Å². The first-order valence-corrected chi connectivity index (χ1v) is 10.6. The lowest BCUT2D eigenvalue weighted by Crippen LogP contribution is -2.47. The Morgan fingerprint density at radius 2 is 1.87 bits per heavy atom. The summed E-state index contributed by atoms with van der Waals surface area (Å²) >= 11 is 0. The molecule has 7 nitrogen and oxygen atoms in total. The van der Waals surface area contributed by atoms with Gasteiger partial charge in [0.05, 0.1) is 12.5 Å². The van der Waals surface area contributed by atoms with E-state index in [1.54, 1.807) is 13.3 Å². The van der Waals surface area contributed by atoms with Gasteiger partial charge in [-0.1, -0.05) is 35.5 Å². The summed E-state index contributed by atoms with van der Waals surface area (Å²) in [7, 11) is 1.65. The number of piperazine rings is 1. The molecule has 0 amide bonds. The van der Waals surface area contributed by atoms with Crippen molar-refractivity contribution < 1.29 is 9.26 Å². The van der Waals surface area contributed by atoms with Gasteiger partial charge in [0, 0.05) is 45.0 Å². The van der Waals surface area contributed by atoms with Gasteiger partial charge in [0.2, 0.25) is 5.88 Å². The number of benzene rings is 1. The summed E-state index contributed by atoms with van der Waals surface area (Å²) in [6.45, 7) is 4.81. The van der Waals surface area contributed by atoms with Crippen LogP contribution < -0.4 is 9.64 Å². The molecule has 156 valence electrons. The second kappa shape index (κ2) is 8.07. The first-order valence-electron chi connectivity index (χ1n) is 10.6. The van der Waals surface area contributed by atoms with Gasteiger partial charge < -0.3 is 14.2 Å². The van der Waals surface area contributed by atoms with Crippen molar-refractivity contribution in [3.8, 4) is 5.88 Å². The van der Waals surface area contributed by atoms with Crippen molar-refractivity contribution in [1.82, 2.24) is 20.0 Å². The maximum Gasteiger partial charge on any atom is 0.324 e. The van der Waals surface area contributed by atoms with Gasteiger partial charge in [-0.25, -0.2) is 4.98 Å². The van der Waals surface area contributed by atoms with Crippen LogP contribution >= 0.6 is 0 Å². The standard InChI is InChI=1S/C23H27N5O2/c1-29-20-17-18(7-11-24-20)8-12-27-13-15-28(16-14-27)22-25-21(26-30-22)23(9-10-23)19-5-3-2-4-6-19/h2-7,11,17H,8-10,12-16H2,1H3. The molecule has 1 aromatic carbocycles. The van der Waals surface area contributed by atoms with Gasteiger partial charge in [0.15, 0.2) is 5.82 Å². The van der Waals surface area contributed by atoms with E-state index in [9.17, 15) is 0 Å². The van der Waals surface area contributed by atoms with Crippen LogP contribution in [0.4, 0.5) is 6.01 Å². The number of pyridine rings is 1. The van der Waals surface area contributed by atoms with Gasteiger partial charge in [-0.2, -0.15) is 4.98 Å². The fraction of sp³-hybridized carbons (Fsp3) is 0.435. The summed E-state index contributed by atoms with van der Waals surface area (Å²) in [6, 6.07) is 15.3. The summed E-state index contributed by atoms with van der Waals surface area (Å²) < 4.78 is 10.9. The van der Waals surface area contributed by atoms with E-state index in [4.69, 9.17) is 14.2 Å². The van der Waals surface area contributed by atoms with Crippen molar-refractivity contribution in [2.24, 2.45) is 0 Å². The van der Waals surface area contributed by atoms with E-state index in [0.29, 0.717) is 11.9 Å². The van der Waals surface area contributed by atoms with Crippen LogP contribution in [0, 0.1) is 0 Å². The summed E-state index contributed by atoms with van der Waals surface area (Å²) in [5.74, 6) is 1.51. The third-order valence-corrected chi connectivity index (χ3v) is 6.29. The lowest BCUT2D eigenvalue weighted by atomic mass is 9.95. The zero-order valence-electron chi connectivity index (χ0n) is 17.3. The number of ether oxygens (including phenoxy) is 1.